The predicted molar refractivity (Wildman–Crippen MR) is 111 cm³/mol. The zero-order chi connectivity index (χ0) is 21.3. The summed E-state index contributed by atoms with van der Waals surface area (Å²) in [5, 5.41) is 15.3. The van der Waals surface area contributed by atoms with Gasteiger partial charge in [-0.1, -0.05) is 18.2 Å². The highest BCUT2D eigenvalue weighted by Gasteiger charge is 2.55. The molecule has 2 aliphatic heterocycles. The zero-order valence-corrected chi connectivity index (χ0v) is 16.7. The van der Waals surface area contributed by atoms with Crippen LogP contribution >= 0.6 is 0 Å². The Hall–Kier alpha value is -3.26. The van der Waals surface area contributed by atoms with Gasteiger partial charge in [0.1, 0.15) is 17.1 Å². The molecule has 0 spiro atoms. The Kier molecular flexibility index (Phi) is 3.80. The number of benzene rings is 2. The van der Waals surface area contributed by atoms with E-state index in [1.165, 1.54) is 6.07 Å². The molecule has 2 atom stereocenters. The van der Waals surface area contributed by atoms with E-state index >= 15 is 0 Å². The van der Waals surface area contributed by atoms with E-state index < -0.39 is 5.60 Å². The van der Waals surface area contributed by atoms with E-state index in [-0.39, 0.29) is 29.5 Å². The van der Waals surface area contributed by atoms with Crippen LogP contribution in [0.2, 0.25) is 0 Å². The van der Waals surface area contributed by atoms with E-state index in [4.69, 9.17) is 0 Å². The van der Waals surface area contributed by atoms with Gasteiger partial charge in [-0.3, -0.25) is 9.59 Å². The number of halogens is 1. The first-order chi connectivity index (χ1) is 15.0. The summed E-state index contributed by atoms with van der Waals surface area (Å²) in [6.07, 6.45) is 2.67. The van der Waals surface area contributed by atoms with E-state index in [0.717, 1.165) is 16.6 Å². The molecule has 158 valence electrons. The first kappa shape index (κ1) is 18.5. The van der Waals surface area contributed by atoms with Crippen molar-refractivity contribution in [2.75, 3.05) is 24.5 Å². The maximum absolute atomic E-state index is 14.3. The Morgan fingerprint density at radius 2 is 1.84 bits per heavy atom. The fourth-order valence-electron chi connectivity index (χ4n) is 4.96. The molecule has 2 saturated heterocycles. The molecule has 8 heteroatoms. The van der Waals surface area contributed by atoms with Crippen molar-refractivity contribution in [2.45, 2.75) is 18.4 Å². The summed E-state index contributed by atoms with van der Waals surface area (Å²) in [6.45, 7) is 1.35. The van der Waals surface area contributed by atoms with Crippen LogP contribution in [0.4, 0.5) is 10.1 Å². The van der Waals surface area contributed by atoms with Crippen LogP contribution in [0.15, 0.2) is 48.7 Å². The van der Waals surface area contributed by atoms with Crippen molar-refractivity contribution in [3.05, 3.63) is 54.5 Å². The molecule has 31 heavy (non-hydrogen) atoms. The van der Waals surface area contributed by atoms with Crippen LogP contribution in [0.3, 0.4) is 0 Å². The molecule has 3 fully saturated rings. The summed E-state index contributed by atoms with van der Waals surface area (Å²) in [4.78, 5) is 29.1. The lowest BCUT2D eigenvalue weighted by atomic mass is 10.0. The molecule has 1 saturated carbocycles. The molecule has 0 unspecified atom stereocenters. The molecule has 3 aliphatic rings. The average Bonchev–Trinajstić information content (AvgIpc) is 3.12. The van der Waals surface area contributed by atoms with Crippen molar-refractivity contribution in [3.8, 4) is 5.69 Å². The molecule has 2 aromatic carbocycles. The summed E-state index contributed by atoms with van der Waals surface area (Å²) in [5.74, 6) is -0.852. The Morgan fingerprint density at radius 3 is 2.58 bits per heavy atom. The van der Waals surface area contributed by atoms with Gasteiger partial charge in [-0.2, -0.15) is 5.10 Å². The third-order valence-corrected chi connectivity index (χ3v) is 6.81. The molecule has 0 radical (unpaired) electrons. The standard InChI is InChI=1S/C23H21FN4O3/c24-17-4-1-2-5-20(17)28-19-7-3-6-18(15(19)10-25-28)27-12-14-11-26(13-16(14)21(27)29)22(30)23(31)8-9-23/h1-7,10,14,16,31H,8-9,11-13H2/t14-,16-/m0/s1. The second-order valence-electron chi connectivity index (χ2n) is 8.77. The average molecular weight is 420 g/mol. The number of rotatable bonds is 3. The Morgan fingerprint density at radius 1 is 1.06 bits per heavy atom. The van der Waals surface area contributed by atoms with Gasteiger partial charge in [-0.25, -0.2) is 9.07 Å². The number of carbonyl (C=O) groups is 2. The Labute approximate surface area is 177 Å². The van der Waals surface area contributed by atoms with Gasteiger partial charge < -0.3 is 14.9 Å². The molecule has 0 bridgehead atoms. The number of carbonyl (C=O) groups excluding carboxylic acids is 2. The van der Waals surface area contributed by atoms with Crippen molar-refractivity contribution >= 4 is 28.4 Å². The number of para-hydroxylation sites is 1. The summed E-state index contributed by atoms with van der Waals surface area (Å²) in [5.41, 5.74) is 0.624. The topological polar surface area (TPSA) is 78.7 Å². The van der Waals surface area contributed by atoms with Crippen LogP contribution < -0.4 is 4.90 Å². The normalized spacial score (nSPS) is 24.1. The lowest BCUT2D eigenvalue weighted by Gasteiger charge is -2.24. The van der Waals surface area contributed by atoms with Crippen LogP contribution in [0.1, 0.15) is 12.8 Å². The molecule has 7 nitrogen and oxygen atoms in total. The van der Waals surface area contributed by atoms with Crippen molar-refractivity contribution in [1.82, 2.24) is 14.7 Å². The van der Waals surface area contributed by atoms with Gasteiger partial charge in [0.25, 0.3) is 5.91 Å². The quantitative estimate of drug-likeness (QED) is 0.704. The molecule has 1 aromatic heterocycles. The molecule has 6 rings (SSSR count). The van der Waals surface area contributed by atoms with E-state index in [1.807, 2.05) is 18.2 Å². The second-order valence-corrected chi connectivity index (χ2v) is 8.77. The van der Waals surface area contributed by atoms with Gasteiger partial charge >= 0.3 is 0 Å². The SMILES string of the molecule is O=C1[C@H]2CN(C(=O)C3(O)CC3)C[C@H]2CN1c1cccc2c1cnn2-c1ccccc1F. The highest BCUT2D eigenvalue weighted by molar-refractivity contribution is 6.06. The van der Waals surface area contributed by atoms with Crippen LogP contribution in [0, 0.1) is 17.7 Å². The first-order valence-electron chi connectivity index (χ1n) is 10.5. The van der Waals surface area contributed by atoms with E-state index in [0.29, 0.717) is 38.2 Å². The fourth-order valence-corrected chi connectivity index (χ4v) is 4.96. The van der Waals surface area contributed by atoms with Crippen LogP contribution in [0.5, 0.6) is 0 Å². The van der Waals surface area contributed by atoms with Crippen LogP contribution in [-0.2, 0) is 9.59 Å². The minimum Gasteiger partial charge on any atom is -0.380 e. The Bertz CT molecular complexity index is 1230. The third kappa shape index (κ3) is 2.71. The summed E-state index contributed by atoms with van der Waals surface area (Å²) < 4.78 is 15.9. The highest BCUT2D eigenvalue weighted by Crippen LogP contribution is 2.42. The highest BCUT2D eigenvalue weighted by atomic mass is 19.1. The van der Waals surface area contributed by atoms with Crippen molar-refractivity contribution in [1.29, 1.82) is 0 Å². The lowest BCUT2D eigenvalue weighted by Crippen LogP contribution is -2.41. The molecular formula is C23H21FN4O3. The molecule has 1 aliphatic carbocycles. The second kappa shape index (κ2) is 6.37. The number of amides is 2. The van der Waals surface area contributed by atoms with E-state index in [2.05, 4.69) is 5.10 Å². The molecule has 3 heterocycles. The van der Waals surface area contributed by atoms with Gasteiger partial charge in [0.05, 0.1) is 23.3 Å². The van der Waals surface area contributed by atoms with Crippen molar-refractivity contribution in [3.63, 3.8) is 0 Å². The minimum atomic E-state index is -1.20. The number of hydrogen-bond donors (Lipinski definition) is 1. The lowest BCUT2D eigenvalue weighted by molar-refractivity contribution is -0.141. The summed E-state index contributed by atoms with van der Waals surface area (Å²) in [6, 6.07) is 12.0. The number of anilines is 1. The Balaban J connectivity index is 1.30. The number of fused-ring (bicyclic) bond motifs is 2. The van der Waals surface area contributed by atoms with Gasteiger partial charge in [0, 0.05) is 30.9 Å². The van der Waals surface area contributed by atoms with Crippen LogP contribution in [-0.4, -0.2) is 56.8 Å². The number of aromatic nitrogens is 2. The summed E-state index contributed by atoms with van der Waals surface area (Å²) >= 11 is 0. The maximum atomic E-state index is 14.3. The molecule has 2 amide bonds. The molecular weight excluding hydrogens is 399 g/mol. The van der Waals surface area contributed by atoms with Gasteiger partial charge in [0.15, 0.2) is 0 Å². The van der Waals surface area contributed by atoms with E-state index in [1.54, 1.807) is 38.9 Å². The van der Waals surface area contributed by atoms with Gasteiger partial charge in [-0.05, 0) is 37.1 Å². The first-order valence-corrected chi connectivity index (χ1v) is 10.5. The van der Waals surface area contributed by atoms with Crippen molar-refractivity contribution < 1.29 is 19.1 Å². The summed E-state index contributed by atoms with van der Waals surface area (Å²) in [7, 11) is 0. The number of nitrogens with zero attached hydrogens (tertiary/aromatic N) is 4. The maximum Gasteiger partial charge on any atom is 0.254 e. The molecule has 3 aromatic rings. The van der Waals surface area contributed by atoms with Crippen molar-refractivity contribution in [2.24, 2.45) is 11.8 Å². The van der Waals surface area contributed by atoms with Gasteiger partial charge in [-0.15, -0.1) is 0 Å². The van der Waals surface area contributed by atoms with E-state index in [9.17, 15) is 19.1 Å². The molecule has 1 N–H and O–H groups in total. The van der Waals surface area contributed by atoms with Crippen LogP contribution in [0.25, 0.3) is 16.6 Å². The third-order valence-electron chi connectivity index (χ3n) is 6.81. The van der Waals surface area contributed by atoms with Gasteiger partial charge in [0.2, 0.25) is 5.91 Å². The monoisotopic (exact) mass is 420 g/mol. The predicted octanol–water partition coefficient (Wildman–Crippen LogP) is 2.11. The largest absolute Gasteiger partial charge is 0.380 e. The minimum absolute atomic E-state index is 0.0192. The number of aliphatic hydroxyl groups is 1. The number of likely N-dealkylation sites (tertiary alicyclic amines) is 1. The fraction of sp³-hybridized carbons (Fsp3) is 0.348. The zero-order valence-electron chi connectivity index (χ0n) is 16.7. The smallest absolute Gasteiger partial charge is 0.254 e. The number of hydrogen-bond acceptors (Lipinski definition) is 4.